The van der Waals surface area contributed by atoms with Gasteiger partial charge in [0.05, 0.1) is 5.69 Å². The van der Waals surface area contributed by atoms with Crippen molar-refractivity contribution in [2.45, 2.75) is 26.2 Å². The predicted molar refractivity (Wildman–Crippen MR) is 111 cm³/mol. The molecule has 1 aromatic carbocycles. The van der Waals surface area contributed by atoms with Gasteiger partial charge in [-0.25, -0.2) is 0 Å². The molecule has 2 aromatic heterocycles. The minimum atomic E-state index is -0.594. The number of carbonyl (C=O) groups is 2. The number of nitrogens with two attached hydrogens (primary N) is 1. The first-order chi connectivity index (χ1) is 14.2. The molecular weight excluding hydrogens is 386 g/mol. The normalized spacial score (nSPS) is 11.1. The summed E-state index contributed by atoms with van der Waals surface area (Å²) in [5, 5.41) is 9.66. The molecule has 0 aliphatic carbocycles. The molecule has 0 unspecified atom stereocenters. The zero-order valence-corrected chi connectivity index (χ0v) is 17.1. The highest BCUT2D eigenvalue weighted by Gasteiger charge is 2.20. The first kappa shape index (κ1) is 20.8. The van der Waals surface area contributed by atoms with Gasteiger partial charge in [0.2, 0.25) is 5.91 Å². The number of nitrogens with one attached hydrogen (secondary N) is 2. The van der Waals surface area contributed by atoms with E-state index in [9.17, 15) is 9.59 Å². The Morgan fingerprint density at radius 1 is 1.13 bits per heavy atom. The van der Waals surface area contributed by atoms with E-state index < -0.39 is 5.91 Å². The van der Waals surface area contributed by atoms with Crippen molar-refractivity contribution in [1.29, 1.82) is 0 Å². The van der Waals surface area contributed by atoms with E-state index in [1.165, 1.54) is 25.4 Å². The molecule has 0 atom stereocenters. The number of rotatable bonds is 6. The Bertz CT molecular complexity index is 1080. The Hall–Kier alpha value is -3.88. The Balaban J connectivity index is 1.94. The molecule has 156 valence electrons. The van der Waals surface area contributed by atoms with Gasteiger partial charge in [-0.2, -0.15) is 0 Å². The molecule has 0 saturated carbocycles. The van der Waals surface area contributed by atoms with Crippen LogP contribution < -0.4 is 21.1 Å². The van der Waals surface area contributed by atoms with Crippen molar-refractivity contribution < 1.29 is 18.8 Å². The molecule has 3 aromatic rings. The average Bonchev–Trinajstić information content (AvgIpc) is 3.18. The molecule has 0 aliphatic rings. The van der Waals surface area contributed by atoms with E-state index >= 15 is 0 Å². The van der Waals surface area contributed by atoms with Crippen molar-refractivity contribution in [3.63, 3.8) is 0 Å². The maximum Gasteiger partial charge on any atom is 0.269 e. The summed E-state index contributed by atoms with van der Waals surface area (Å²) in [6.07, 6.45) is 1.46. The standard InChI is InChI=1S/C21H23N5O4/c1-21(2,3)17-11-18(26-30-17)25-14-6-5-12(19(22)27)9-16(14)29-13-7-8-24-15(10-13)20(28)23-4/h5-11H,1-4H3,(H2,22,27)(H,23,28)(H,25,26). The monoisotopic (exact) mass is 409 g/mol. The van der Waals surface area contributed by atoms with Gasteiger partial charge in [-0.3, -0.25) is 14.6 Å². The van der Waals surface area contributed by atoms with Crippen molar-refractivity contribution in [3.05, 3.63) is 59.6 Å². The van der Waals surface area contributed by atoms with Gasteiger partial charge >= 0.3 is 0 Å². The lowest BCUT2D eigenvalue weighted by atomic mass is 9.93. The first-order valence-corrected chi connectivity index (χ1v) is 9.21. The quantitative estimate of drug-likeness (QED) is 0.568. The minimum Gasteiger partial charge on any atom is -0.455 e. The van der Waals surface area contributed by atoms with Crippen LogP contribution in [0.25, 0.3) is 0 Å². The summed E-state index contributed by atoms with van der Waals surface area (Å²) < 4.78 is 11.3. The molecule has 9 heteroatoms. The molecule has 3 rings (SSSR count). The van der Waals surface area contributed by atoms with Crippen LogP contribution in [0.4, 0.5) is 11.5 Å². The van der Waals surface area contributed by atoms with E-state index in [1.807, 2.05) is 20.8 Å². The van der Waals surface area contributed by atoms with Crippen molar-refractivity contribution in [1.82, 2.24) is 15.5 Å². The largest absolute Gasteiger partial charge is 0.455 e. The molecule has 30 heavy (non-hydrogen) atoms. The smallest absolute Gasteiger partial charge is 0.269 e. The second-order valence-electron chi connectivity index (χ2n) is 7.58. The van der Waals surface area contributed by atoms with Crippen molar-refractivity contribution in [2.24, 2.45) is 5.73 Å². The van der Waals surface area contributed by atoms with E-state index in [0.29, 0.717) is 28.8 Å². The zero-order chi connectivity index (χ0) is 21.9. The van der Waals surface area contributed by atoms with Crippen LogP contribution in [0.3, 0.4) is 0 Å². The number of nitrogens with zero attached hydrogens (tertiary/aromatic N) is 2. The number of hydrogen-bond acceptors (Lipinski definition) is 7. The van der Waals surface area contributed by atoms with Gasteiger partial charge < -0.3 is 25.6 Å². The van der Waals surface area contributed by atoms with Crippen LogP contribution in [0.5, 0.6) is 11.5 Å². The number of ether oxygens (including phenoxy) is 1. The summed E-state index contributed by atoms with van der Waals surface area (Å²) in [5.41, 5.74) is 6.21. The third-order valence-electron chi connectivity index (χ3n) is 4.20. The van der Waals surface area contributed by atoms with Gasteiger partial charge in [0.15, 0.2) is 11.6 Å². The van der Waals surface area contributed by atoms with Crippen LogP contribution in [-0.2, 0) is 5.41 Å². The SMILES string of the molecule is CNC(=O)c1cc(Oc2cc(C(N)=O)ccc2Nc2cc(C(C)(C)C)on2)ccn1. The highest BCUT2D eigenvalue weighted by molar-refractivity contribution is 5.94. The molecule has 0 saturated heterocycles. The van der Waals surface area contributed by atoms with Crippen LogP contribution in [-0.4, -0.2) is 29.0 Å². The zero-order valence-electron chi connectivity index (χ0n) is 17.1. The number of hydrogen-bond donors (Lipinski definition) is 3. The number of benzene rings is 1. The molecule has 0 bridgehead atoms. The topological polar surface area (TPSA) is 132 Å². The minimum absolute atomic E-state index is 0.196. The Morgan fingerprint density at radius 3 is 2.53 bits per heavy atom. The van der Waals surface area contributed by atoms with Gasteiger partial charge in [-0.15, -0.1) is 0 Å². The van der Waals surface area contributed by atoms with Gasteiger partial charge in [0, 0.05) is 36.4 Å². The van der Waals surface area contributed by atoms with Gasteiger partial charge in [0.25, 0.3) is 5.91 Å². The summed E-state index contributed by atoms with van der Waals surface area (Å²) in [6, 6.07) is 9.62. The molecule has 0 spiro atoms. The van der Waals surface area contributed by atoms with E-state index in [4.69, 9.17) is 15.0 Å². The summed E-state index contributed by atoms with van der Waals surface area (Å²) >= 11 is 0. The number of pyridine rings is 1. The fraction of sp³-hybridized carbons (Fsp3) is 0.238. The molecular formula is C21H23N5O4. The molecule has 0 radical (unpaired) electrons. The van der Waals surface area contributed by atoms with E-state index in [2.05, 4.69) is 20.8 Å². The second-order valence-corrected chi connectivity index (χ2v) is 7.58. The van der Waals surface area contributed by atoms with E-state index in [-0.39, 0.29) is 22.6 Å². The predicted octanol–water partition coefficient (Wildman–Crippen LogP) is 3.36. The third kappa shape index (κ3) is 4.75. The highest BCUT2D eigenvalue weighted by atomic mass is 16.5. The summed E-state index contributed by atoms with van der Waals surface area (Å²) in [7, 11) is 1.51. The van der Waals surface area contributed by atoms with E-state index in [0.717, 1.165) is 0 Å². The summed E-state index contributed by atoms with van der Waals surface area (Å²) in [4.78, 5) is 27.5. The van der Waals surface area contributed by atoms with Crippen LogP contribution >= 0.6 is 0 Å². The highest BCUT2D eigenvalue weighted by Crippen LogP contribution is 2.34. The number of amides is 2. The first-order valence-electron chi connectivity index (χ1n) is 9.21. The Kier molecular flexibility index (Phi) is 5.72. The average molecular weight is 409 g/mol. The van der Waals surface area contributed by atoms with Crippen LogP contribution in [0, 0.1) is 0 Å². The third-order valence-corrected chi connectivity index (χ3v) is 4.20. The number of primary amides is 1. The molecule has 9 nitrogen and oxygen atoms in total. The maximum atomic E-state index is 11.8. The molecule has 0 fully saturated rings. The fourth-order valence-corrected chi connectivity index (χ4v) is 2.54. The summed E-state index contributed by atoms with van der Waals surface area (Å²) in [5.74, 6) is 0.943. The molecule has 2 amide bonds. The number of aromatic nitrogens is 2. The lowest BCUT2D eigenvalue weighted by Crippen LogP contribution is -2.19. The van der Waals surface area contributed by atoms with E-state index in [1.54, 1.807) is 24.3 Å². The summed E-state index contributed by atoms with van der Waals surface area (Å²) in [6.45, 7) is 6.04. The van der Waals surface area contributed by atoms with Crippen molar-refractivity contribution >= 4 is 23.3 Å². The van der Waals surface area contributed by atoms with Crippen molar-refractivity contribution in [3.8, 4) is 11.5 Å². The maximum absolute atomic E-state index is 11.8. The van der Waals surface area contributed by atoms with Gasteiger partial charge in [0.1, 0.15) is 17.2 Å². The molecule has 0 aliphatic heterocycles. The van der Waals surface area contributed by atoms with Crippen LogP contribution in [0.1, 0.15) is 47.4 Å². The van der Waals surface area contributed by atoms with Crippen molar-refractivity contribution in [2.75, 3.05) is 12.4 Å². The van der Waals surface area contributed by atoms with Crippen LogP contribution in [0.15, 0.2) is 47.1 Å². The number of carbonyl (C=O) groups excluding carboxylic acids is 2. The van der Waals surface area contributed by atoms with Crippen LogP contribution in [0.2, 0.25) is 0 Å². The van der Waals surface area contributed by atoms with Gasteiger partial charge in [-0.05, 0) is 24.3 Å². The second kappa shape index (κ2) is 8.24. The fourth-order valence-electron chi connectivity index (χ4n) is 2.54. The lowest BCUT2D eigenvalue weighted by Gasteiger charge is -2.13. The molecule has 4 N–H and O–H groups in total. The molecule has 2 heterocycles. The Morgan fingerprint density at radius 2 is 1.90 bits per heavy atom. The van der Waals surface area contributed by atoms with Gasteiger partial charge in [-0.1, -0.05) is 25.9 Å². The lowest BCUT2D eigenvalue weighted by molar-refractivity contribution is 0.0956. The number of anilines is 2. The Labute approximate surface area is 173 Å².